The van der Waals surface area contributed by atoms with Gasteiger partial charge in [-0.25, -0.2) is 4.79 Å². The second-order valence-electron chi connectivity index (χ2n) is 7.06. The van der Waals surface area contributed by atoms with E-state index in [-0.39, 0.29) is 12.1 Å². The van der Waals surface area contributed by atoms with Gasteiger partial charge in [0.1, 0.15) is 6.04 Å². The van der Waals surface area contributed by atoms with Crippen LogP contribution in [0.4, 0.5) is 4.79 Å². The zero-order valence-corrected chi connectivity index (χ0v) is 17.1. The fourth-order valence-corrected chi connectivity index (χ4v) is 4.12. The van der Waals surface area contributed by atoms with E-state index in [0.29, 0.717) is 24.7 Å². The summed E-state index contributed by atoms with van der Waals surface area (Å²) in [5, 5.41) is 3.69. The van der Waals surface area contributed by atoms with E-state index < -0.39 is 0 Å². The molecule has 29 heavy (non-hydrogen) atoms. The lowest BCUT2D eigenvalue weighted by molar-refractivity contribution is 0.174. The van der Waals surface area contributed by atoms with Gasteiger partial charge in [-0.2, -0.15) is 0 Å². The number of rotatable bonds is 5. The molecular formula is C23H24ClN3O2. The van der Waals surface area contributed by atoms with Crippen molar-refractivity contribution in [1.29, 1.82) is 0 Å². The highest BCUT2D eigenvalue weighted by molar-refractivity contribution is 6.31. The van der Waals surface area contributed by atoms with Gasteiger partial charge in [-0.1, -0.05) is 48.0 Å². The normalized spacial score (nSPS) is 15.4. The molecule has 4 rings (SSSR count). The average Bonchev–Trinajstić information content (AvgIpc) is 3.16. The number of nitrogens with one attached hydrogen (secondary N) is 1. The van der Waals surface area contributed by atoms with Gasteiger partial charge >= 0.3 is 6.03 Å². The van der Waals surface area contributed by atoms with Crippen LogP contribution in [-0.4, -0.2) is 35.8 Å². The average molecular weight is 410 g/mol. The van der Waals surface area contributed by atoms with E-state index >= 15 is 0 Å². The number of fused-ring (bicyclic) bond motifs is 3. The van der Waals surface area contributed by atoms with E-state index in [1.54, 1.807) is 7.11 Å². The van der Waals surface area contributed by atoms with Crippen LogP contribution >= 0.6 is 11.6 Å². The highest BCUT2D eigenvalue weighted by Crippen LogP contribution is 2.38. The van der Waals surface area contributed by atoms with Crippen molar-refractivity contribution in [3.05, 3.63) is 88.7 Å². The quantitative estimate of drug-likeness (QED) is 0.616. The van der Waals surface area contributed by atoms with E-state index in [1.165, 1.54) is 0 Å². The van der Waals surface area contributed by atoms with E-state index in [2.05, 4.69) is 28.1 Å². The Morgan fingerprint density at radius 3 is 2.76 bits per heavy atom. The van der Waals surface area contributed by atoms with Crippen LogP contribution < -0.4 is 5.32 Å². The van der Waals surface area contributed by atoms with Gasteiger partial charge in [-0.15, -0.1) is 0 Å². The Kier molecular flexibility index (Phi) is 5.88. The van der Waals surface area contributed by atoms with Crippen LogP contribution in [0.2, 0.25) is 5.02 Å². The molecule has 0 aliphatic carbocycles. The van der Waals surface area contributed by atoms with E-state index in [4.69, 9.17) is 16.3 Å². The van der Waals surface area contributed by atoms with Crippen LogP contribution in [0.15, 0.2) is 66.9 Å². The monoisotopic (exact) mass is 409 g/mol. The fraction of sp³-hybridized carbons (Fsp3) is 0.261. The van der Waals surface area contributed by atoms with Crippen molar-refractivity contribution in [3.63, 3.8) is 0 Å². The maximum absolute atomic E-state index is 13.3. The molecule has 0 bridgehead atoms. The number of aromatic nitrogens is 1. The van der Waals surface area contributed by atoms with Crippen molar-refractivity contribution in [2.45, 2.75) is 19.0 Å². The summed E-state index contributed by atoms with van der Waals surface area (Å²) in [7, 11) is 1.66. The molecule has 0 saturated heterocycles. The minimum absolute atomic E-state index is 0.115. The summed E-state index contributed by atoms with van der Waals surface area (Å²) in [5.74, 6) is 0. The number of hydrogen-bond acceptors (Lipinski definition) is 2. The van der Waals surface area contributed by atoms with Gasteiger partial charge in [0.15, 0.2) is 0 Å². The van der Waals surface area contributed by atoms with E-state index in [9.17, 15) is 4.79 Å². The van der Waals surface area contributed by atoms with Crippen molar-refractivity contribution < 1.29 is 9.53 Å². The summed E-state index contributed by atoms with van der Waals surface area (Å²) >= 11 is 6.59. The molecule has 0 saturated carbocycles. The number of carbonyl (C=O) groups is 1. The number of para-hydroxylation sites is 1. The summed E-state index contributed by atoms with van der Waals surface area (Å²) in [6.45, 7) is 1.66. The van der Waals surface area contributed by atoms with Gasteiger partial charge in [0.25, 0.3) is 0 Å². The maximum atomic E-state index is 13.3. The Labute approximate surface area is 175 Å². The van der Waals surface area contributed by atoms with Crippen molar-refractivity contribution in [2.75, 3.05) is 20.3 Å². The summed E-state index contributed by atoms with van der Waals surface area (Å²) in [6, 6.07) is 19.6. The molecule has 0 spiro atoms. The molecule has 6 heteroatoms. The molecule has 3 aromatic rings. The Morgan fingerprint density at radius 1 is 1.14 bits per heavy atom. The van der Waals surface area contributed by atoms with Crippen LogP contribution in [0.1, 0.15) is 29.3 Å². The summed E-state index contributed by atoms with van der Waals surface area (Å²) in [5.41, 5.74) is 4.09. The molecule has 1 atom stereocenters. The standard InChI is InChI=1S/C23H24ClN3O2/c1-29-15-7-13-25-23(28)27-16-17-8-2-5-11-20(17)26-14-6-12-21(26)22(27)18-9-3-4-10-19(18)24/h2-6,8-12,14,22H,7,13,15-16H2,1H3,(H,25,28). The number of nitrogens with zero attached hydrogens (tertiary/aromatic N) is 2. The van der Waals surface area contributed by atoms with Crippen LogP contribution in [0.5, 0.6) is 0 Å². The number of ether oxygens (including phenoxy) is 1. The van der Waals surface area contributed by atoms with Crippen LogP contribution in [-0.2, 0) is 11.3 Å². The molecule has 2 amide bonds. The third-order valence-electron chi connectivity index (χ3n) is 5.23. The predicted molar refractivity (Wildman–Crippen MR) is 114 cm³/mol. The van der Waals surface area contributed by atoms with E-state index in [0.717, 1.165) is 28.9 Å². The lowest BCUT2D eigenvalue weighted by atomic mass is 10.0. The highest BCUT2D eigenvalue weighted by atomic mass is 35.5. The third-order valence-corrected chi connectivity index (χ3v) is 5.57. The first kappa shape index (κ1) is 19.6. The number of benzene rings is 2. The largest absolute Gasteiger partial charge is 0.385 e. The first-order chi connectivity index (χ1) is 14.2. The Bertz CT molecular complexity index is 1000. The van der Waals surface area contributed by atoms with Crippen LogP contribution in [0.25, 0.3) is 5.69 Å². The molecule has 0 fully saturated rings. The highest BCUT2D eigenvalue weighted by Gasteiger charge is 2.33. The third kappa shape index (κ3) is 3.88. The maximum Gasteiger partial charge on any atom is 0.318 e. The molecule has 1 aliphatic heterocycles. The molecule has 1 aliphatic rings. The minimum Gasteiger partial charge on any atom is -0.385 e. The SMILES string of the molecule is COCCCNC(=O)N1Cc2ccccc2-n2cccc2C1c1ccccc1Cl. The van der Waals surface area contributed by atoms with Crippen LogP contribution in [0.3, 0.4) is 0 Å². The van der Waals surface area contributed by atoms with Gasteiger partial charge in [0.2, 0.25) is 0 Å². The number of carbonyl (C=O) groups excluding carboxylic acids is 1. The van der Waals surface area contributed by atoms with Crippen molar-refractivity contribution >= 4 is 17.6 Å². The second-order valence-corrected chi connectivity index (χ2v) is 7.47. The molecule has 1 N–H and O–H groups in total. The van der Waals surface area contributed by atoms with Gasteiger partial charge in [0, 0.05) is 31.5 Å². The first-order valence-corrected chi connectivity index (χ1v) is 10.1. The molecule has 2 aromatic carbocycles. The Balaban J connectivity index is 1.79. The molecular weight excluding hydrogens is 386 g/mol. The van der Waals surface area contributed by atoms with Crippen molar-refractivity contribution in [1.82, 2.24) is 14.8 Å². The number of methoxy groups -OCH3 is 1. The fourth-order valence-electron chi connectivity index (χ4n) is 3.88. The molecule has 2 heterocycles. The predicted octanol–water partition coefficient (Wildman–Crippen LogP) is 4.78. The smallest absolute Gasteiger partial charge is 0.318 e. The van der Waals surface area contributed by atoms with Gasteiger partial charge in [-0.05, 0) is 41.8 Å². The van der Waals surface area contributed by atoms with Crippen molar-refractivity contribution in [2.24, 2.45) is 0 Å². The molecule has 1 aromatic heterocycles. The molecule has 5 nitrogen and oxygen atoms in total. The number of urea groups is 1. The molecule has 0 radical (unpaired) electrons. The van der Waals surface area contributed by atoms with Gasteiger partial charge in [-0.3, -0.25) is 0 Å². The first-order valence-electron chi connectivity index (χ1n) is 9.74. The second kappa shape index (κ2) is 8.72. The number of amides is 2. The summed E-state index contributed by atoms with van der Waals surface area (Å²) in [6.07, 6.45) is 2.80. The minimum atomic E-state index is -0.298. The lowest BCUT2D eigenvalue weighted by Crippen LogP contribution is -2.42. The Morgan fingerprint density at radius 2 is 1.93 bits per heavy atom. The summed E-state index contributed by atoms with van der Waals surface area (Å²) in [4.78, 5) is 15.1. The number of hydrogen-bond donors (Lipinski definition) is 1. The zero-order valence-electron chi connectivity index (χ0n) is 16.3. The topological polar surface area (TPSA) is 46.5 Å². The van der Waals surface area contributed by atoms with Gasteiger partial charge < -0.3 is 19.5 Å². The molecule has 150 valence electrons. The van der Waals surface area contributed by atoms with Crippen molar-refractivity contribution in [3.8, 4) is 5.69 Å². The van der Waals surface area contributed by atoms with E-state index in [1.807, 2.05) is 53.6 Å². The summed E-state index contributed by atoms with van der Waals surface area (Å²) < 4.78 is 7.25. The molecule has 1 unspecified atom stereocenters. The number of halogens is 1. The van der Waals surface area contributed by atoms with Crippen LogP contribution in [0, 0.1) is 0 Å². The lowest BCUT2D eigenvalue weighted by Gasteiger charge is -2.31. The Hall–Kier alpha value is -2.76. The zero-order chi connectivity index (χ0) is 20.2. The van der Waals surface area contributed by atoms with Gasteiger partial charge in [0.05, 0.1) is 17.9 Å².